The molecule has 0 aliphatic heterocycles. The van der Waals surface area contributed by atoms with E-state index in [-0.39, 0.29) is 35.2 Å². The third-order valence-electron chi connectivity index (χ3n) is 8.12. The first-order chi connectivity index (χ1) is 23.6. The van der Waals surface area contributed by atoms with Gasteiger partial charge in [-0.3, -0.25) is 9.56 Å². The Labute approximate surface area is 288 Å². The number of nitrogens with two attached hydrogens (primary N) is 3. The molecule has 0 bridgehead atoms. The van der Waals surface area contributed by atoms with E-state index in [1.54, 1.807) is 48.7 Å². The Morgan fingerprint density at radius 1 is 1.10 bits per heavy atom. The van der Waals surface area contributed by atoms with E-state index in [1.165, 1.54) is 4.57 Å². The van der Waals surface area contributed by atoms with Crippen LogP contribution in [-0.4, -0.2) is 52.2 Å². The number of rotatable bonds is 15. The summed E-state index contributed by atoms with van der Waals surface area (Å²) < 4.78 is 22.1. The van der Waals surface area contributed by atoms with Gasteiger partial charge in [-0.2, -0.15) is 4.98 Å². The normalized spacial score (nSPS) is 12.5. The maximum atomic E-state index is 15.3. The van der Waals surface area contributed by atoms with Gasteiger partial charge < -0.3 is 32.2 Å². The second-order valence-electron chi connectivity index (χ2n) is 11.9. The summed E-state index contributed by atoms with van der Waals surface area (Å²) >= 11 is 6.31. The molecule has 3 aromatic carbocycles. The van der Waals surface area contributed by atoms with Gasteiger partial charge in [-0.1, -0.05) is 41.9 Å². The van der Waals surface area contributed by atoms with E-state index in [4.69, 9.17) is 33.5 Å². The molecule has 11 nitrogen and oxygen atoms in total. The Morgan fingerprint density at radius 2 is 1.86 bits per heavy atom. The van der Waals surface area contributed by atoms with Gasteiger partial charge in [0.25, 0.3) is 0 Å². The molecule has 0 radical (unpaired) electrons. The minimum Gasteiger partial charge on any atom is -0.460 e. The van der Waals surface area contributed by atoms with Gasteiger partial charge in [-0.25, -0.2) is 14.0 Å². The monoisotopic (exact) mass is 686 g/mol. The molecule has 0 fully saturated rings. The summed E-state index contributed by atoms with van der Waals surface area (Å²) in [4.78, 5) is 36.5. The van der Waals surface area contributed by atoms with Crippen molar-refractivity contribution in [2.75, 3.05) is 19.7 Å². The maximum Gasteiger partial charge on any atom is 0.354 e. The minimum absolute atomic E-state index is 0.0163. The van der Waals surface area contributed by atoms with Gasteiger partial charge >= 0.3 is 11.7 Å². The molecular weight excluding hydrogens is 647 g/mol. The van der Waals surface area contributed by atoms with E-state index in [2.05, 4.69) is 27.2 Å². The maximum absolute atomic E-state index is 15.3. The van der Waals surface area contributed by atoms with Crippen molar-refractivity contribution in [3.05, 3.63) is 117 Å². The molecule has 0 amide bonds. The fraction of sp³-hybridized carbons (Fsp3) is 0.278. The molecule has 13 heteroatoms. The Kier molecular flexibility index (Phi) is 11.8. The van der Waals surface area contributed by atoms with Crippen LogP contribution in [-0.2, 0) is 11.2 Å². The molecule has 5 rings (SSSR count). The summed E-state index contributed by atoms with van der Waals surface area (Å²) in [6, 6.07) is 21.2. The molecule has 0 spiro atoms. The van der Waals surface area contributed by atoms with Crippen molar-refractivity contribution < 1.29 is 13.9 Å². The highest BCUT2D eigenvalue weighted by Crippen LogP contribution is 2.31. The molecule has 256 valence electrons. The number of guanidine groups is 1. The Bertz CT molecular complexity index is 1970. The van der Waals surface area contributed by atoms with Crippen LogP contribution < -0.4 is 28.2 Å². The topological polar surface area (TPSA) is 179 Å². The number of nitrogens with one attached hydrogen (secondary N) is 2. The van der Waals surface area contributed by atoms with Gasteiger partial charge in [-0.05, 0) is 92.7 Å². The summed E-state index contributed by atoms with van der Waals surface area (Å²) in [5, 5.41) is 4.04. The van der Waals surface area contributed by atoms with E-state index in [0.717, 1.165) is 24.1 Å². The van der Waals surface area contributed by atoms with Crippen LogP contribution in [0.2, 0.25) is 5.02 Å². The third kappa shape index (κ3) is 9.32. The fourth-order valence-electron chi connectivity index (χ4n) is 5.45. The molecular formula is C36H40ClFN8O3. The van der Waals surface area contributed by atoms with Gasteiger partial charge in [0.2, 0.25) is 0 Å². The van der Waals surface area contributed by atoms with Crippen LogP contribution in [0.5, 0.6) is 0 Å². The van der Waals surface area contributed by atoms with Crippen LogP contribution >= 0.6 is 11.6 Å². The van der Waals surface area contributed by atoms with Crippen molar-refractivity contribution in [3.63, 3.8) is 0 Å². The van der Waals surface area contributed by atoms with Crippen LogP contribution in [0.4, 0.5) is 4.39 Å². The molecule has 0 unspecified atom stereocenters. The number of fused-ring (bicyclic) bond motifs is 1. The largest absolute Gasteiger partial charge is 0.460 e. The smallest absolute Gasteiger partial charge is 0.354 e. The molecule has 2 aromatic heterocycles. The van der Waals surface area contributed by atoms with Gasteiger partial charge in [0, 0.05) is 35.8 Å². The zero-order valence-electron chi connectivity index (χ0n) is 27.2. The number of ether oxygens (including phenoxy) is 1. The molecule has 0 aliphatic carbocycles. The van der Waals surface area contributed by atoms with Crippen LogP contribution in [0, 0.1) is 5.82 Å². The number of esters is 1. The summed E-state index contributed by atoms with van der Waals surface area (Å²) in [5.41, 5.74) is 20.5. The van der Waals surface area contributed by atoms with Crippen molar-refractivity contribution in [1.29, 1.82) is 0 Å². The number of nitrogens with zero attached hydrogens (tertiary/aromatic N) is 3. The van der Waals surface area contributed by atoms with Crippen LogP contribution in [0.1, 0.15) is 53.7 Å². The zero-order chi connectivity index (χ0) is 34.9. The van der Waals surface area contributed by atoms with Gasteiger partial charge in [0.1, 0.15) is 12.3 Å². The molecule has 2 heterocycles. The first-order valence-corrected chi connectivity index (χ1v) is 16.4. The van der Waals surface area contributed by atoms with Crippen molar-refractivity contribution in [3.8, 4) is 16.9 Å². The van der Waals surface area contributed by atoms with Crippen molar-refractivity contribution >= 4 is 34.6 Å². The number of carbonyl (C=O) groups excluding carboxylic acids is 1. The molecule has 49 heavy (non-hydrogen) atoms. The van der Waals surface area contributed by atoms with Crippen LogP contribution in [0.25, 0.3) is 28.0 Å². The average Bonchev–Trinajstić information content (AvgIpc) is 3.51. The summed E-state index contributed by atoms with van der Waals surface area (Å²) in [6.45, 7) is 3.44. The highest BCUT2D eigenvalue weighted by molar-refractivity contribution is 6.31. The molecule has 5 aromatic rings. The third-order valence-corrected chi connectivity index (χ3v) is 8.39. The Balaban J connectivity index is 1.23. The molecule has 0 aliphatic rings. The van der Waals surface area contributed by atoms with Crippen LogP contribution in [0.3, 0.4) is 0 Å². The molecule has 8 N–H and O–H groups in total. The van der Waals surface area contributed by atoms with Gasteiger partial charge in [-0.15, -0.1) is 0 Å². The predicted molar refractivity (Wildman–Crippen MR) is 191 cm³/mol. The number of carbonyl (C=O) groups is 1. The van der Waals surface area contributed by atoms with E-state index in [9.17, 15) is 9.59 Å². The second kappa shape index (κ2) is 16.4. The lowest BCUT2D eigenvalue weighted by Crippen LogP contribution is -2.27. The Hall–Kier alpha value is -5.04. The lowest BCUT2D eigenvalue weighted by atomic mass is 10.0. The van der Waals surface area contributed by atoms with Gasteiger partial charge in [0.05, 0.1) is 22.0 Å². The Morgan fingerprint density at radius 3 is 2.59 bits per heavy atom. The highest BCUT2D eigenvalue weighted by Gasteiger charge is 2.16. The zero-order valence-corrected chi connectivity index (χ0v) is 27.9. The average molecular weight is 687 g/mol. The minimum atomic E-state index is -0.578. The number of aliphatic imine (C=N–C) groups is 1. The first-order valence-electron chi connectivity index (χ1n) is 16.1. The summed E-state index contributed by atoms with van der Waals surface area (Å²) in [5.74, 6) is -0.913. The van der Waals surface area contributed by atoms with Gasteiger partial charge in [0.15, 0.2) is 11.8 Å². The summed E-state index contributed by atoms with van der Waals surface area (Å²) in [6.07, 6.45) is 4.32. The predicted octanol–water partition coefficient (Wildman–Crippen LogP) is 4.99. The number of aromatic nitrogens is 3. The van der Waals surface area contributed by atoms with Crippen molar-refractivity contribution in [2.24, 2.45) is 22.2 Å². The lowest BCUT2D eigenvalue weighted by molar-refractivity contribution is 0.0477. The summed E-state index contributed by atoms with van der Waals surface area (Å²) in [7, 11) is 0. The number of halogens is 2. The lowest BCUT2D eigenvalue weighted by Gasteiger charge is -2.15. The number of hydrogen-bond acceptors (Lipinski definition) is 7. The number of H-pyrrole nitrogens is 1. The number of aromatic amines is 1. The van der Waals surface area contributed by atoms with Crippen molar-refractivity contribution in [2.45, 2.75) is 44.7 Å². The highest BCUT2D eigenvalue weighted by atomic mass is 35.5. The number of aryl methyl sites for hydroxylation is 1. The fourth-order valence-corrected chi connectivity index (χ4v) is 5.69. The first kappa shape index (κ1) is 35.3. The quantitative estimate of drug-likeness (QED) is 0.0442. The van der Waals surface area contributed by atoms with E-state index in [1.807, 2.05) is 30.3 Å². The second-order valence-corrected chi connectivity index (χ2v) is 12.3. The van der Waals surface area contributed by atoms with E-state index in [0.29, 0.717) is 53.8 Å². The molecule has 0 saturated carbocycles. The molecule has 2 atom stereocenters. The SMILES string of the molecule is C[C@H](NCCCN=C(N)N)c1ccc(-n2cc3cc(-c4cc(CCC[C@@H](N)COC(=O)c5ccccc5)cc(Cl)c4F)[nH]c3nc2=O)cc1. The van der Waals surface area contributed by atoms with E-state index >= 15 is 4.39 Å². The molecule has 0 saturated heterocycles. The van der Waals surface area contributed by atoms with Crippen molar-refractivity contribution in [1.82, 2.24) is 19.9 Å². The van der Waals surface area contributed by atoms with Crippen LogP contribution in [0.15, 0.2) is 88.8 Å². The standard InChI is InChI=1S/C36H40ClFN8O3/c1-22(42-15-6-16-43-35(40)41)24-11-13-28(14-12-24)46-20-26-19-31(44-33(26)45-36(46)48)29-17-23(18-30(37)32(29)38)7-5-10-27(39)21-49-34(47)25-8-3-2-4-9-25/h2-4,8-9,11-14,17-20,22,27,42H,5-7,10,15-16,21,39H2,1H3,(H4,40,41,43)(H,44,45,48)/t22-,27+/m0/s1. The number of benzene rings is 3. The van der Waals surface area contributed by atoms with E-state index < -0.39 is 17.5 Å². The number of hydrogen-bond donors (Lipinski definition) is 5.